The zero-order chi connectivity index (χ0) is 19.0. The molecule has 140 valence electrons. The minimum Gasteiger partial charge on any atom is -0.386 e. The van der Waals surface area contributed by atoms with Crippen LogP contribution in [0.5, 0.6) is 0 Å². The van der Waals surface area contributed by atoms with Gasteiger partial charge in [-0.05, 0) is 31.2 Å². The standard InChI is InChI=1S/C19H21N5O3/c1-13-14(5-3-8-20-13)21-17(25)15-11-19(27-22-15)7-10-24(12-19)18(26)16-6-4-9-23(16)2/h3-6,8-9H,7,10-12H2,1-2H3,(H,21,25)/t19-/m0/s1. The number of hydrogen-bond acceptors (Lipinski definition) is 5. The molecule has 1 spiro atoms. The number of pyridine rings is 1. The van der Waals surface area contributed by atoms with Gasteiger partial charge < -0.3 is 19.6 Å². The van der Waals surface area contributed by atoms with Gasteiger partial charge in [0.15, 0.2) is 5.60 Å². The summed E-state index contributed by atoms with van der Waals surface area (Å²) in [4.78, 5) is 36.8. The van der Waals surface area contributed by atoms with Crippen LogP contribution in [-0.2, 0) is 16.7 Å². The first-order valence-corrected chi connectivity index (χ1v) is 8.86. The number of likely N-dealkylation sites (tertiary alicyclic amines) is 1. The molecule has 8 nitrogen and oxygen atoms in total. The quantitative estimate of drug-likeness (QED) is 0.895. The number of hydrogen-bond donors (Lipinski definition) is 1. The van der Waals surface area contributed by atoms with Crippen molar-refractivity contribution in [3.05, 3.63) is 48.0 Å². The van der Waals surface area contributed by atoms with E-state index in [2.05, 4.69) is 15.5 Å². The van der Waals surface area contributed by atoms with E-state index in [4.69, 9.17) is 4.84 Å². The van der Waals surface area contributed by atoms with Crippen molar-refractivity contribution in [1.82, 2.24) is 14.5 Å². The summed E-state index contributed by atoms with van der Waals surface area (Å²) < 4.78 is 1.80. The molecule has 0 bridgehead atoms. The molecular weight excluding hydrogens is 346 g/mol. The van der Waals surface area contributed by atoms with Crippen molar-refractivity contribution in [2.45, 2.75) is 25.4 Å². The largest absolute Gasteiger partial charge is 0.386 e. The molecule has 2 amide bonds. The number of nitrogens with zero attached hydrogens (tertiary/aromatic N) is 4. The van der Waals surface area contributed by atoms with Gasteiger partial charge >= 0.3 is 0 Å². The summed E-state index contributed by atoms with van der Waals surface area (Å²) in [5.41, 5.74) is 1.75. The van der Waals surface area contributed by atoms with Gasteiger partial charge in [-0.25, -0.2) is 0 Å². The summed E-state index contributed by atoms with van der Waals surface area (Å²) in [6, 6.07) is 7.20. The van der Waals surface area contributed by atoms with E-state index in [1.54, 1.807) is 33.9 Å². The highest BCUT2D eigenvalue weighted by atomic mass is 16.7. The number of carbonyl (C=O) groups is 2. The van der Waals surface area contributed by atoms with Gasteiger partial charge in [0.1, 0.15) is 11.4 Å². The highest BCUT2D eigenvalue weighted by Gasteiger charge is 2.48. The molecule has 1 saturated heterocycles. The van der Waals surface area contributed by atoms with Crippen LogP contribution in [0.2, 0.25) is 0 Å². The second-order valence-electron chi connectivity index (χ2n) is 7.06. The molecule has 8 heteroatoms. The fourth-order valence-electron chi connectivity index (χ4n) is 3.54. The van der Waals surface area contributed by atoms with E-state index in [-0.39, 0.29) is 11.8 Å². The summed E-state index contributed by atoms with van der Waals surface area (Å²) in [6.45, 7) is 2.83. The minimum absolute atomic E-state index is 0.0353. The molecule has 27 heavy (non-hydrogen) atoms. The maximum atomic E-state index is 12.7. The zero-order valence-electron chi connectivity index (χ0n) is 15.3. The van der Waals surface area contributed by atoms with Gasteiger partial charge in [0.25, 0.3) is 11.8 Å². The fraction of sp³-hybridized carbons (Fsp3) is 0.368. The molecule has 2 aliphatic rings. The molecule has 0 saturated carbocycles. The van der Waals surface area contributed by atoms with Gasteiger partial charge in [0.2, 0.25) is 0 Å². The Kier molecular flexibility index (Phi) is 4.18. The van der Waals surface area contributed by atoms with Gasteiger partial charge in [0.05, 0.1) is 17.9 Å². The average Bonchev–Trinajstić information content (AvgIpc) is 3.38. The monoisotopic (exact) mass is 367 g/mol. The Labute approximate surface area is 156 Å². The topological polar surface area (TPSA) is 88.8 Å². The zero-order valence-corrected chi connectivity index (χ0v) is 15.3. The van der Waals surface area contributed by atoms with Gasteiger partial charge in [-0.2, -0.15) is 0 Å². The Morgan fingerprint density at radius 3 is 2.89 bits per heavy atom. The number of oxime groups is 1. The van der Waals surface area contributed by atoms with Crippen molar-refractivity contribution in [3.63, 3.8) is 0 Å². The van der Waals surface area contributed by atoms with E-state index < -0.39 is 5.60 Å². The second-order valence-corrected chi connectivity index (χ2v) is 7.06. The molecule has 0 unspecified atom stereocenters. The number of anilines is 1. The maximum absolute atomic E-state index is 12.7. The van der Waals surface area contributed by atoms with Crippen molar-refractivity contribution in [1.29, 1.82) is 0 Å². The van der Waals surface area contributed by atoms with Crippen LogP contribution in [-0.4, -0.2) is 50.7 Å². The van der Waals surface area contributed by atoms with Crippen LogP contribution in [0.3, 0.4) is 0 Å². The fourth-order valence-corrected chi connectivity index (χ4v) is 3.54. The predicted octanol–water partition coefficient (Wildman–Crippen LogP) is 1.73. The molecular formula is C19H21N5O3. The van der Waals surface area contributed by atoms with Crippen LogP contribution >= 0.6 is 0 Å². The van der Waals surface area contributed by atoms with Crippen LogP contribution < -0.4 is 5.32 Å². The predicted molar refractivity (Wildman–Crippen MR) is 99.4 cm³/mol. The molecule has 1 atom stereocenters. The number of nitrogens with one attached hydrogen (secondary N) is 1. The Balaban J connectivity index is 1.40. The van der Waals surface area contributed by atoms with Crippen LogP contribution in [0, 0.1) is 6.92 Å². The summed E-state index contributed by atoms with van der Waals surface area (Å²) in [5, 5.41) is 6.84. The van der Waals surface area contributed by atoms with Crippen LogP contribution in [0.15, 0.2) is 41.8 Å². The number of rotatable bonds is 3. The lowest BCUT2D eigenvalue weighted by atomic mass is 9.96. The number of aryl methyl sites for hydroxylation is 2. The lowest BCUT2D eigenvalue weighted by molar-refractivity contribution is -0.110. The van der Waals surface area contributed by atoms with E-state index in [0.717, 1.165) is 5.69 Å². The van der Waals surface area contributed by atoms with E-state index >= 15 is 0 Å². The molecule has 0 aromatic carbocycles. The number of aromatic nitrogens is 2. The van der Waals surface area contributed by atoms with Crippen molar-refractivity contribution < 1.29 is 14.4 Å². The van der Waals surface area contributed by atoms with Gasteiger partial charge in [-0.3, -0.25) is 14.6 Å². The molecule has 2 aromatic heterocycles. The first-order chi connectivity index (χ1) is 13.0. The van der Waals surface area contributed by atoms with Crippen LogP contribution in [0.1, 0.15) is 29.0 Å². The molecule has 0 aliphatic carbocycles. The lowest BCUT2D eigenvalue weighted by Crippen LogP contribution is -2.38. The second kappa shape index (κ2) is 6.53. The summed E-state index contributed by atoms with van der Waals surface area (Å²) >= 11 is 0. The Hall–Kier alpha value is -3.16. The third-order valence-corrected chi connectivity index (χ3v) is 5.12. The lowest BCUT2D eigenvalue weighted by Gasteiger charge is -2.21. The van der Waals surface area contributed by atoms with Crippen LogP contribution in [0.25, 0.3) is 0 Å². The molecule has 4 heterocycles. The van der Waals surface area contributed by atoms with Crippen molar-refractivity contribution in [3.8, 4) is 0 Å². The van der Waals surface area contributed by atoms with Crippen molar-refractivity contribution in [2.75, 3.05) is 18.4 Å². The van der Waals surface area contributed by atoms with Crippen LogP contribution in [0.4, 0.5) is 5.69 Å². The summed E-state index contributed by atoms with van der Waals surface area (Å²) in [6.07, 6.45) is 4.55. The highest BCUT2D eigenvalue weighted by molar-refractivity contribution is 6.43. The minimum atomic E-state index is -0.614. The molecule has 4 rings (SSSR count). The summed E-state index contributed by atoms with van der Waals surface area (Å²) in [7, 11) is 1.84. The number of carbonyl (C=O) groups excluding carboxylic acids is 2. The first kappa shape index (κ1) is 17.3. The number of amides is 2. The highest BCUT2D eigenvalue weighted by Crippen LogP contribution is 2.34. The Bertz CT molecular complexity index is 935. The van der Waals surface area contributed by atoms with E-state index in [0.29, 0.717) is 43.0 Å². The molecule has 2 aromatic rings. The van der Waals surface area contributed by atoms with Gasteiger partial charge in [-0.15, -0.1) is 0 Å². The molecule has 1 N–H and O–H groups in total. The molecule has 1 fully saturated rings. The Morgan fingerprint density at radius 1 is 1.30 bits per heavy atom. The maximum Gasteiger partial charge on any atom is 0.273 e. The third kappa shape index (κ3) is 3.18. The average molecular weight is 367 g/mol. The molecule has 2 aliphatic heterocycles. The molecule has 0 radical (unpaired) electrons. The van der Waals surface area contributed by atoms with E-state index in [1.165, 1.54) is 0 Å². The van der Waals surface area contributed by atoms with Crippen molar-refractivity contribution >= 4 is 23.2 Å². The Morgan fingerprint density at radius 2 is 2.15 bits per heavy atom. The van der Waals surface area contributed by atoms with E-state index in [9.17, 15) is 9.59 Å². The first-order valence-electron chi connectivity index (χ1n) is 8.86. The van der Waals surface area contributed by atoms with E-state index in [1.807, 2.05) is 26.2 Å². The van der Waals surface area contributed by atoms with Gasteiger partial charge in [-0.1, -0.05) is 5.16 Å². The normalized spacial score (nSPS) is 21.3. The third-order valence-electron chi connectivity index (χ3n) is 5.12. The van der Waals surface area contributed by atoms with Crippen molar-refractivity contribution in [2.24, 2.45) is 12.2 Å². The van der Waals surface area contributed by atoms with Gasteiger partial charge in [0, 0.05) is 38.8 Å². The SMILES string of the molecule is Cc1ncccc1NC(=O)C1=NO[C@@]2(CCN(C(=O)c3cccn3C)C2)C1. The summed E-state index contributed by atoms with van der Waals surface area (Å²) in [5.74, 6) is -0.331. The smallest absolute Gasteiger partial charge is 0.273 e.